The number of nitrogens with zero attached hydrogens (tertiary/aromatic N) is 3. The zero-order chi connectivity index (χ0) is 21.6. The molecule has 2 atom stereocenters. The number of ether oxygens (including phenoxy) is 1. The highest BCUT2D eigenvalue weighted by atomic mass is 16.5. The maximum absolute atomic E-state index is 12.4. The number of piperidine rings is 1. The second-order valence-corrected chi connectivity index (χ2v) is 9.42. The van der Waals surface area contributed by atoms with Crippen LogP contribution in [0.5, 0.6) is 5.75 Å². The number of para-hydroxylation sites is 1. The molecule has 1 amide bonds. The number of carbonyl (C=O) groups is 1. The summed E-state index contributed by atoms with van der Waals surface area (Å²) in [6.45, 7) is 9.63. The molecule has 0 saturated carbocycles. The van der Waals surface area contributed by atoms with Crippen LogP contribution in [0.4, 0.5) is 0 Å². The third-order valence-electron chi connectivity index (χ3n) is 6.85. The lowest BCUT2D eigenvalue weighted by Gasteiger charge is -2.37. The van der Waals surface area contributed by atoms with Crippen LogP contribution in [0.1, 0.15) is 32.3 Å². The third-order valence-corrected chi connectivity index (χ3v) is 6.85. The summed E-state index contributed by atoms with van der Waals surface area (Å²) in [6.07, 6.45) is 6.01. The van der Waals surface area contributed by atoms with Crippen LogP contribution in [0.2, 0.25) is 0 Å². The molecule has 0 N–H and O–H groups in total. The SMILES string of the molecule is CC(C)C(=O)N1CCC(C2CN(Cc3cccnc3)CC2COc2ccccc2)CC1. The summed E-state index contributed by atoms with van der Waals surface area (Å²) < 4.78 is 6.20. The van der Waals surface area contributed by atoms with Crippen molar-refractivity contribution in [3.05, 3.63) is 60.4 Å². The van der Waals surface area contributed by atoms with Crippen molar-refractivity contribution >= 4 is 5.91 Å². The van der Waals surface area contributed by atoms with Crippen LogP contribution in [0.15, 0.2) is 54.9 Å². The summed E-state index contributed by atoms with van der Waals surface area (Å²) in [7, 11) is 0. The van der Waals surface area contributed by atoms with Gasteiger partial charge in [-0.25, -0.2) is 0 Å². The van der Waals surface area contributed by atoms with Gasteiger partial charge in [-0.15, -0.1) is 0 Å². The average Bonchev–Trinajstić information content (AvgIpc) is 3.21. The molecule has 4 rings (SSSR count). The first-order valence-electron chi connectivity index (χ1n) is 11.7. The molecule has 1 aromatic carbocycles. The maximum atomic E-state index is 12.4. The smallest absolute Gasteiger partial charge is 0.225 e. The number of rotatable bonds is 7. The molecule has 2 fully saturated rings. The van der Waals surface area contributed by atoms with E-state index >= 15 is 0 Å². The minimum Gasteiger partial charge on any atom is -0.493 e. The standard InChI is InChI=1S/C26H35N3O2/c1-20(2)26(30)29-13-10-22(11-14-29)25-18-28(16-21-7-6-12-27-15-21)17-23(25)19-31-24-8-4-3-5-9-24/h3-9,12,15,20,22-23,25H,10-11,13-14,16-19H2,1-2H3. The van der Waals surface area contributed by atoms with Crippen LogP contribution in [-0.4, -0.2) is 53.5 Å². The highest BCUT2D eigenvalue weighted by molar-refractivity contribution is 5.78. The van der Waals surface area contributed by atoms with Crippen molar-refractivity contribution in [2.24, 2.45) is 23.7 Å². The van der Waals surface area contributed by atoms with Crippen LogP contribution in [-0.2, 0) is 11.3 Å². The Morgan fingerprint density at radius 1 is 1.10 bits per heavy atom. The molecule has 2 unspecified atom stereocenters. The zero-order valence-corrected chi connectivity index (χ0v) is 18.8. The van der Waals surface area contributed by atoms with E-state index in [1.54, 1.807) is 0 Å². The second-order valence-electron chi connectivity index (χ2n) is 9.42. The van der Waals surface area contributed by atoms with Crippen LogP contribution >= 0.6 is 0 Å². The van der Waals surface area contributed by atoms with Crippen LogP contribution < -0.4 is 4.74 Å². The molecule has 2 aliphatic heterocycles. The summed E-state index contributed by atoms with van der Waals surface area (Å²) in [5, 5.41) is 0. The first kappa shape index (κ1) is 21.8. The highest BCUT2D eigenvalue weighted by Gasteiger charge is 2.39. The van der Waals surface area contributed by atoms with Crippen molar-refractivity contribution in [1.82, 2.24) is 14.8 Å². The maximum Gasteiger partial charge on any atom is 0.225 e. The van der Waals surface area contributed by atoms with E-state index in [4.69, 9.17) is 4.74 Å². The normalized spacial score (nSPS) is 22.7. The van der Waals surface area contributed by atoms with Gasteiger partial charge in [-0.05, 0) is 48.4 Å². The lowest BCUT2D eigenvalue weighted by molar-refractivity contribution is -0.136. The Morgan fingerprint density at radius 2 is 1.87 bits per heavy atom. The van der Waals surface area contributed by atoms with Crippen molar-refractivity contribution in [3.63, 3.8) is 0 Å². The van der Waals surface area contributed by atoms with Gasteiger partial charge in [0, 0.05) is 57.0 Å². The number of benzene rings is 1. The van der Waals surface area contributed by atoms with Crippen molar-refractivity contribution in [1.29, 1.82) is 0 Å². The van der Waals surface area contributed by atoms with E-state index in [0.717, 1.165) is 57.9 Å². The van der Waals surface area contributed by atoms with Gasteiger partial charge < -0.3 is 9.64 Å². The second kappa shape index (κ2) is 10.3. The number of pyridine rings is 1. The molecule has 0 spiro atoms. The Bertz CT molecular complexity index is 819. The molecule has 166 valence electrons. The summed E-state index contributed by atoms with van der Waals surface area (Å²) in [5.74, 6) is 3.10. The Morgan fingerprint density at radius 3 is 2.55 bits per heavy atom. The molecule has 0 aliphatic carbocycles. The van der Waals surface area contributed by atoms with Crippen LogP contribution in [0, 0.1) is 23.7 Å². The largest absolute Gasteiger partial charge is 0.493 e. The fourth-order valence-electron chi connectivity index (χ4n) is 5.21. The molecular formula is C26H35N3O2. The molecule has 0 radical (unpaired) electrons. The van der Waals surface area contributed by atoms with Gasteiger partial charge in [-0.1, -0.05) is 38.1 Å². The van der Waals surface area contributed by atoms with Gasteiger partial charge in [-0.3, -0.25) is 14.7 Å². The van der Waals surface area contributed by atoms with E-state index in [1.807, 2.05) is 62.6 Å². The molecule has 5 nitrogen and oxygen atoms in total. The number of amides is 1. The summed E-state index contributed by atoms with van der Waals surface area (Å²) in [5.41, 5.74) is 1.27. The van der Waals surface area contributed by atoms with E-state index in [0.29, 0.717) is 23.7 Å². The van der Waals surface area contributed by atoms with Gasteiger partial charge in [0.15, 0.2) is 0 Å². The summed E-state index contributed by atoms with van der Waals surface area (Å²) in [4.78, 5) is 21.3. The Labute approximate surface area is 186 Å². The predicted molar refractivity (Wildman–Crippen MR) is 123 cm³/mol. The lowest BCUT2D eigenvalue weighted by Crippen LogP contribution is -2.43. The fourth-order valence-corrected chi connectivity index (χ4v) is 5.21. The molecule has 0 bridgehead atoms. The monoisotopic (exact) mass is 421 g/mol. The minimum absolute atomic E-state index is 0.0880. The number of aromatic nitrogens is 1. The summed E-state index contributed by atoms with van der Waals surface area (Å²) in [6, 6.07) is 14.3. The van der Waals surface area contributed by atoms with Gasteiger partial charge in [0.2, 0.25) is 5.91 Å². The first-order valence-corrected chi connectivity index (χ1v) is 11.7. The topological polar surface area (TPSA) is 45.7 Å². The lowest BCUT2D eigenvalue weighted by atomic mass is 9.78. The Hall–Kier alpha value is -2.40. The number of carbonyl (C=O) groups excluding carboxylic acids is 1. The van der Waals surface area contributed by atoms with Gasteiger partial charge in [0.25, 0.3) is 0 Å². The van der Waals surface area contributed by atoms with Gasteiger partial charge in [0.1, 0.15) is 5.75 Å². The Kier molecular flexibility index (Phi) is 7.23. The minimum atomic E-state index is 0.0880. The van der Waals surface area contributed by atoms with Crippen LogP contribution in [0.25, 0.3) is 0 Å². The van der Waals surface area contributed by atoms with Gasteiger partial charge in [-0.2, -0.15) is 0 Å². The quantitative estimate of drug-likeness (QED) is 0.675. The van der Waals surface area contributed by atoms with E-state index in [-0.39, 0.29) is 5.92 Å². The molecule has 3 heterocycles. The van der Waals surface area contributed by atoms with E-state index < -0.39 is 0 Å². The molecule has 1 aromatic heterocycles. The van der Waals surface area contributed by atoms with Crippen molar-refractivity contribution in [2.75, 3.05) is 32.8 Å². The van der Waals surface area contributed by atoms with Crippen molar-refractivity contribution < 1.29 is 9.53 Å². The number of hydrogen-bond donors (Lipinski definition) is 0. The van der Waals surface area contributed by atoms with E-state index in [1.165, 1.54) is 5.56 Å². The third kappa shape index (κ3) is 5.65. The van der Waals surface area contributed by atoms with Crippen molar-refractivity contribution in [3.8, 4) is 5.75 Å². The number of likely N-dealkylation sites (tertiary alicyclic amines) is 2. The van der Waals surface area contributed by atoms with E-state index in [2.05, 4.69) is 20.9 Å². The molecule has 2 aliphatic rings. The molecule has 2 aromatic rings. The molecule has 5 heteroatoms. The van der Waals surface area contributed by atoms with Gasteiger partial charge in [0.05, 0.1) is 6.61 Å². The average molecular weight is 422 g/mol. The zero-order valence-electron chi connectivity index (χ0n) is 18.8. The highest BCUT2D eigenvalue weighted by Crippen LogP contribution is 2.37. The van der Waals surface area contributed by atoms with Crippen molar-refractivity contribution in [2.45, 2.75) is 33.2 Å². The first-order chi connectivity index (χ1) is 15.1. The molecular weight excluding hydrogens is 386 g/mol. The molecule has 31 heavy (non-hydrogen) atoms. The fraction of sp³-hybridized carbons (Fsp3) is 0.538. The van der Waals surface area contributed by atoms with Gasteiger partial charge >= 0.3 is 0 Å². The summed E-state index contributed by atoms with van der Waals surface area (Å²) >= 11 is 0. The van der Waals surface area contributed by atoms with Crippen LogP contribution in [0.3, 0.4) is 0 Å². The number of hydrogen-bond acceptors (Lipinski definition) is 4. The molecule has 2 saturated heterocycles. The predicted octanol–water partition coefficient (Wildman–Crippen LogP) is 4.10. The Balaban J connectivity index is 1.40. The van der Waals surface area contributed by atoms with E-state index in [9.17, 15) is 4.79 Å².